The number of nitrogens with zero attached hydrogens (tertiary/aromatic N) is 5. The molecule has 7 heteroatoms. The summed E-state index contributed by atoms with van der Waals surface area (Å²) in [6.07, 6.45) is 3.18. The van der Waals surface area contributed by atoms with Crippen LogP contribution in [-0.4, -0.2) is 30.1 Å². The molecule has 0 aliphatic carbocycles. The first-order valence-electron chi connectivity index (χ1n) is 4.87. The van der Waals surface area contributed by atoms with Gasteiger partial charge < -0.3 is 0 Å². The first-order chi connectivity index (χ1) is 7.68. The molecule has 0 unspecified atom stereocenters. The van der Waals surface area contributed by atoms with E-state index in [0.717, 1.165) is 11.5 Å². The molecular formula is C9H11N5OS. The number of carbonyl (C=O) groups excluding carboxylic acids is 1. The zero-order valence-electron chi connectivity index (χ0n) is 8.99. The third-order valence-corrected chi connectivity index (χ3v) is 2.80. The second kappa shape index (κ2) is 4.48. The van der Waals surface area contributed by atoms with Gasteiger partial charge >= 0.3 is 0 Å². The van der Waals surface area contributed by atoms with Crippen LogP contribution >= 0.6 is 11.5 Å². The number of rotatable bonds is 4. The molecule has 0 N–H and O–H groups in total. The van der Waals surface area contributed by atoms with Gasteiger partial charge in [-0.1, -0.05) is 4.49 Å². The van der Waals surface area contributed by atoms with Crippen LogP contribution < -0.4 is 0 Å². The minimum atomic E-state index is -0.0232. The Morgan fingerprint density at radius 2 is 2.38 bits per heavy atom. The van der Waals surface area contributed by atoms with Crippen molar-refractivity contribution in [2.75, 3.05) is 0 Å². The largest absolute Gasteiger partial charge is 0.293 e. The monoisotopic (exact) mass is 237 g/mol. The molecular weight excluding hydrogens is 226 g/mol. The van der Waals surface area contributed by atoms with E-state index in [1.165, 1.54) is 12.5 Å². The molecule has 0 atom stereocenters. The Morgan fingerprint density at radius 1 is 1.56 bits per heavy atom. The molecule has 84 valence electrons. The summed E-state index contributed by atoms with van der Waals surface area (Å²) in [7, 11) is 0. The van der Waals surface area contributed by atoms with Gasteiger partial charge in [0.15, 0.2) is 5.78 Å². The van der Waals surface area contributed by atoms with Gasteiger partial charge in [-0.2, -0.15) is 5.10 Å². The number of hydrogen-bond acceptors (Lipinski definition) is 6. The maximum absolute atomic E-state index is 11.8. The maximum atomic E-state index is 11.8. The summed E-state index contributed by atoms with van der Waals surface area (Å²) >= 11 is 1.10. The second-order valence-electron chi connectivity index (χ2n) is 3.60. The van der Waals surface area contributed by atoms with Crippen LogP contribution in [0.4, 0.5) is 0 Å². The first-order valence-corrected chi connectivity index (χ1v) is 5.64. The van der Waals surface area contributed by atoms with Crippen LogP contribution in [-0.2, 0) is 6.42 Å². The Kier molecular flexibility index (Phi) is 3.04. The molecule has 2 rings (SSSR count). The highest BCUT2D eigenvalue weighted by atomic mass is 32.1. The molecule has 0 fully saturated rings. The molecule has 6 nitrogen and oxygen atoms in total. The summed E-state index contributed by atoms with van der Waals surface area (Å²) in [4.78, 5) is 16.4. The Balaban J connectivity index is 2.15. The molecule has 2 heterocycles. The van der Waals surface area contributed by atoms with E-state index in [0.29, 0.717) is 10.7 Å². The fourth-order valence-corrected chi connectivity index (χ4v) is 1.80. The Hall–Kier alpha value is -1.63. The molecule has 0 amide bonds. The number of hydrogen-bond donors (Lipinski definition) is 0. The van der Waals surface area contributed by atoms with Crippen LogP contribution in [0.1, 0.15) is 35.4 Å². The van der Waals surface area contributed by atoms with Crippen molar-refractivity contribution in [1.82, 2.24) is 24.4 Å². The molecule has 0 aliphatic heterocycles. The van der Waals surface area contributed by atoms with Gasteiger partial charge in [0, 0.05) is 6.04 Å². The maximum Gasteiger partial charge on any atom is 0.183 e. The van der Waals surface area contributed by atoms with Gasteiger partial charge in [-0.25, -0.2) is 9.67 Å². The summed E-state index contributed by atoms with van der Waals surface area (Å²) in [6, 6.07) is 0.199. The van der Waals surface area contributed by atoms with Gasteiger partial charge in [0.05, 0.1) is 12.6 Å². The lowest BCUT2D eigenvalue weighted by Gasteiger charge is -2.07. The van der Waals surface area contributed by atoms with Crippen molar-refractivity contribution in [3.8, 4) is 0 Å². The van der Waals surface area contributed by atoms with Crippen LogP contribution in [0.2, 0.25) is 0 Å². The van der Waals surface area contributed by atoms with Gasteiger partial charge in [-0.05, 0) is 25.4 Å². The zero-order valence-corrected chi connectivity index (χ0v) is 9.81. The summed E-state index contributed by atoms with van der Waals surface area (Å²) in [5, 5.41) is 7.71. The highest BCUT2D eigenvalue weighted by Gasteiger charge is 2.15. The average molecular weight is 237 g/mol. The van der Waals surface area contributed by atoms with E-state index in [1.807, 2.05) is 13.8 Å². The predicted molar refractivity (Wildman–Crippen MR) is 58.4 cm³/mol. The van der Waals surface area contributed by atoms with Crippen molar-refractivity contribution in [3.05, 3.63) is 23.2 Å². The molecule has 0 bridgehead atoms. The fraction of sp³-hybridized carbons (Fsp3) is 0.444. The average Bonchev–Trinajstić information content (AvgIpc) is 2.86. The van der Waals surface area contributed by atoms with Crippen LogP contribution in [0.3, 0.4) is 0 Å². The highest BCUT2D eigenvalue weighted by molar-refractivity contribution is 7.07. The minimum Gasteiger partial charge on any atom is -0.293 e. The normalized spacial score (nSPS) is 10.9. The molecule has 16 heavy (non-hydrogen) atoms. The van der Waals surface area contributed by atoms with E-state index in [9.17, 15) is 4.79 Å². The first kappa shape index (κ1) is 10.9. The Labute approximate surface area is 96.5 Å². The molecule has 2 aromatic heterocycles. The van der Waals surface area contributed by atoms with Crippen molar-refractivity contribution < 1.29 is 4.79 Å². The van der Waals surface area contributed by atoms with E-state index < -0.39 is 0 Å². The molecule has 2 aromatic rings. The third kappa shape index (κ3) is 2.13. The lowest BCUT2D eigenvalue weighted by molar-refractivity contribution is 0.0992. The molecule has 0 saturated carbocycles. The van der Waals surface area contributed by atoms with Crippen molar-refractivity contribution >= 4 is 17.3 Å². The van der Waals surface area contributed by atoms with E-state index >= 15 is 0 Å². The summed E-state index contributed by atoms with van der Waals surface area (Å²) in [6.45, 7) is 3.99. The predicted octanol–water partition coefficient (Wildman–Crippen LogP) is 1.14. The van der Waals surface area contributed by atoms with Crippen LogP contribution in [0, 0.1) is 0 Å². The number of aromatic nitrogens is 5. The molecule has 0 radical (unpaired) electrons. The van der Waals surface area contributed by atoms with E-state index in [2.05, 4.69) is 19.7 Å². The van der Waals surface area contributed by atoms with Gasteiger partial charge in [0.2, 0.25) is 0 Å². The zero-order chi connectivity index (χ0) is 11.5. The lowest BCUT2D eigenvalue weighted by Crippen LogP contribution is -2.12. The van der Waals surface area contributed by atoms with Crippen molar-refractivity contribution in [1.29, 1.82) is 0 Å². The van der Waals surface area contributed by atoms with Crippen LogP contribution in [0.25, 0.3) is 0 Å². The van der Waals surface area contributed by atoms with Gasteiger partial charge in [0.1, 0.15) is 17.0 Å². The number of carbonyl (C=O) groups is 1. The van der Waals surface area contributed by atoms with E-state index in [1.54, 1.807) is 4.68 Å². The van der Waals surface area contributed by atoms with Crippen LogP contribution in [0.5, 0.6) is 0 Å². The van der Waals surface area contributed by atoms with E-state index in [4.69, 9.17) is 0 Å². The number of ketones is 1. The Morgan fingerprint density at radius 3 is 3.00 bits per heavy atom. The van der Waals surface area contributed by atoms with Crippen LogP contribution in [0.15, 0.2) is 12.5 Å². The van der Waals surface area contributed by atoms with Crippen molar-refractivity contribution in [2.45, 2.75) is 26.3 Å². The van der Waals surface area contributed by atoms with Crippen molar-refractivity contribution in [3.63, 3.8) is 0 Å². The van der Waals surface area contributed by atoms with Crippen molar-refractivity contribution in [2.24, 2.45) is 0 Å². The third-order valence-electron chi connectivity index (χ3n) is 2.09. The summed E-state index contributed by atoms with van der Waals surface area (Å²) in [5.41, 5.74) is 0. The van der Waals surface area contributed by atoms with Gasteiger partial charge in [-0.3, -0.25) is 4.79 Å². The summed E-state index contributed by atoms with van der Waals surface area (Å²) < 4.78 is 5.40. The quantitative estimate of drug-likeness (QED) is 0.745. The van der Waals surface area contributed by atoms with E-state index in [-0.39, 0.29) is 18.2 Å². The standard InChI is InChI=1S/C9H11N5OS/c1-6(2)14-9(10-5-12-14)3-7(15)8-4-11-13-16-8/h4-6H,3H2,1-2H3. The minimum absolute atomic E-state index is 0.0232. The molecule has 0 aliphatic rings. The van der Waals surface area contributed by atoms with Gasteiger partial charge in [0.25, 0.3) is 0 Å². The molecule has 0 spiro atoms. The lowest BCUT2D eigenvalue weighted by atomic mass is 10.2. The fourth-order valence-electron chi connectivity index (χ4n) is 1.35. The Bertz CT molecular complexity index is 476. The summed E-state index contributed by atoms with van der Waals surface area (Å²) in [5.74, 6) is 0.651. The van der Waals surface area contributed by atoms with Gasteiger partial charge in [-0.15, -0.1) is 5.10 Å². The topological polar surface area (TPSA) is 73.6 Å². The highest BCUT2D eigenvalue weighted by Crippen LogP contribution is 2.10. The molecule has 0 saturated heterocycles. The second-order valence-corrected chi connectivity index (χ2v) is 4.38. The SMILES string of the molecule is CC(C)n1ncnc1CC(=O)c1cnns1. The smallest absolute Gasteiger partial charge is 0.183 e. The number of Topliss-reactive ketones (excluding diaryl/α,β-unsaturated/α-hetero) is 1. The molecule has 0 aromatic carbocycles.